The predicted octanol–water partition coefficient (Wildman–Crippen LogP) is -0.0323. The molecule has 1 aliphatic heterocycles. The number of nitrogens with one attached hydrogen (secondary N) is 1. The first kappa shape index (κ1) is 11.5. The molecule has 0 aliphatic carbocycles. The molecule has 0 saturated carbocycles. The van der Waals surface area contributed by atoms with E-state index >= 15 is 0 Å². The molecule has 1 fully saturated rings. The summed E-state index contributed by atoms with van der Waals surface area (Å²) in [5, 5.41) is 12.5. The highest BCUT2D eigenvalue weighted by atomic mass is 16.3. The predicted molar refractivity (Wildman–Crippen MR) is 55.0 cm³/mol. The van der Waals surface area contributed by atoms with E-state index in [4.69, 9.17) is 0 Å². The second-order valence-corrected chi connectivity index (χ2v) is 4.73. The SMILES string of the molecule is CC(=O)NC1CCN(CC(C)(C)O)C1. The number of likely N-dealkylation sites (tertiary alicyclic amines) is 1. The minimum atomic E-state index is -0.648. The second kappa shape index (κ2) is 4.28. The lowest BCUT2D eigenvalue weighted by molar-refractivity contribution is -0.119. The van der Waals surface area contributed by atoms with Crippen LogP contribution in [0.1, 0.15) is 27.2 Å². The van der Waals surface area contributed by atoms with Gasteiger partial charge in [-0.1, -0.05) is 0 Å². The van der Waals surface area contributed by atoms with Crippen LogP contribution in [0.15, 0.2) is 0 Å². The van der Waals surface area contributed by atoms with Crippen molar-refractivity contribution in [1.29, 1.82) is 0 Å². The van der Waals surface area contributed by atoms with Gasteiger partial charge in [-0.2, -0.15) is 0 Å². The van der Waals surface area contributed by atoms with E-state index in [2.05, 4.69) is 10.2 Å². The number of amides is 1. The Bertz CT molecular complexity index is 211. The molecular formula is C10H20N2O2. The molecule has 1 rings (SSSR count). The minimum Gasteiger partial charge on any atom is -0.389 e. The lowest BCUT2D eigenvalue weighted by Gasteiger charge is -2.25. The normalized spacial score (nSPS) is 23.9. The number of rotatable bonds is 3. The van der Waals surface area contributed by atoms with Gasteiger partial charge in [0.15, 0.2) is 0 Å². The van der Waals surface area contributed by atoms with Gasteiger partial charge in [-0.3, -0.25) is 9.69 Å². The Hall–Kier alpha value is -0.610. The van der Waals surface area contributed by atoms with Crippen molar-refractivity contribution in [2.24, 2.45) is 0 Å². The summed E-state index contributed by atoms with van der Waals surface area (Å²) in [5.41, 5.74) is -0.648. The van der Waals surface area contributed by atoms with Crippen LogP contribution < -0.4 is 5.32 Å². The quantitative estimate of drug-likeness (QED) is 0.672. The summed E-state index contributed by atoms with van der Waals surface area (Å²) in [5.74, 6) is 0.0279. The van der Waals surface area contributed by atoms with Crippen molar-refractivity contribution in [3.63, 3.8) is 0 Å². The smallest absolute Gasteiger partial charge is 0.217 e. The third-order valence-corrected chi connectivity index (χ3v) is 2.29. The molecule has 0 aromatic rings. The average molecular weight is 200 g/mol. The summed E-state index contributed by atoms with van der Waals surface area (Å²) < 4.78 is 0. The van der Waals surface area contributed by atoms with Crippen LogP contribution in [0.5, 0.6) is 0 Å². The average Bonchev–Trinajstić information content (AvgIpc) is 2.30. The van der Waals surface area contributed by atoms with Gasteiger partial charge < -0.3 is 10.4 Å². The summed E-state index contributed by atoms with van der Waals surface area (Å²) in [4.78, 5) is 13.0. The van der Waals surface area contributed by atoms with Crippen LogP contribution in [0.4, 0.5) is 0 Å². The summed E-state index contributed by atoms with van der Waals surface area (Å²) in [6, 6.07) is 0.259. The van der Waals surface area contributed by atoms with Crippen LogP contribution in [0.25, 0.3) is 0 Å². The Morgan fingerprint density at radius 1 is 1.64 bits per heavy atom. The third-order valence-electron chi connectivity index (χ3n) is 2.29. The highest BCUT2D eigenvalue weighted by Gasteiger charge is 2.26. The maximum atomic E-state index is 10.8. The van der Waals surface area contributed by atoms with Crippen LogP contribution in [-0.4, -0.2) is 47.2 Å². The highest BCUT2D eigenvalue weighted by molar-refractivity contribution is 5.73. The van der Waals surface area contributed by atoms with Crippen LogP contribution in [0.2, 0.25) is 0 Å². The van der Waals surface area contributed by atoms with E-state index in [0.29, 0.717) is 6.54 Å². The fourth-order valence-electron chi connectivity index (χ4n) is 1.93. The molecule has 4 nitrogen and oxygen atoms in total. The summed E-state index contributed by atoms with van der Waals surface area (Å²) in [6.45, 7) is 7.62. The zero-order valence-corrected chi connectivity index (χ0v) is 9.21. The zero-order valence-electron chi connectivity index (χ0n) is 9.21. The van der Waals surface area contributed by atoms with Gasteiger partial charge in [0.25, 0.3) is 0 Å². The van der Waals surface area contributed by atoms with E-state index in [1.165, 1.54) is 0 Å². The van der Waals surface area contributed by atoms with Crippen molar-refractivity contribution in [3.8, 4) is 0 Å². The lowest BCUT2D eigenvalue weighted by atomic mass is 10.1. The minimum absolute atomic E-state index is 0.0279. The van der Waals surface area contributed by atoms with Crippen molar-refractivity contribution in [2.45, 2.75) is 38.8 Å². The largest absolute Gasteiger partial charge is 0.389 e. The molecule has 4 heteroatoms. The number of hydrogen-bond donors (Lipinski definition) is 2. The number of carbonyl (C=O) groups is 1. The standard InChI is InChI=1S/C10H20N2O2/c1-8(13)11-9-4-5-12(6-9)7-10(2,3)14/h9,14H,4-7H2,1-3H3,(H,11,13). The van der Waals surface area contributed by atoms with Crippen LogP contribution in [0, 0.1) is 0 Å². The highest BCUT2D eigenvalue weighted by Crippen LogP contribution is 2.13. The molecule has 2 N–H and O–H groups in total. The van der Waals surface area contributed by atoms with Gasteiger partial charge in [0.2, 0.25) is 5.91 Å². The van der Waals surface area contributed by atoms with E-state index < -0.39 is 5.60 Å². The van der Waals surface area contributed by atoms with Gasteiger partial charge in [0.05, 0.1) is 5.60 Å². The first-order valence-corrected chi connectivity index (χ1v) is 5.09. The molecule has 0 bridgehead atoms. The molecule has 1 atom stereocenters. The van der Waals surface area contributed by atoms with E-state index in [9.17, 15) is 9.90 Å². The maximum absolute atomic E-state index is 10.8. The number of β-amino-alcohol motifs (C(OH)–C–C–N with tert-alkyl or cyclic N) is 1. The number of aliphatic hydroxyl groups is 1. The Kier molecular flexibility index (Phi) is 3.50. The topological polar surface area (TPSA) is 52.6 Å². The van der Waals surface area contributed by atoms with Gasteiger partial charge >= 0.3 is 0 Å². The number of carbonyl (C=O) groups excluding carboxylic acids is 1. The van der Waals surface area contributed by atoms with Crippen molar-refractivity contribution in [3.05, 3.63) is 0 Å². The molecule has 14 heavy (non-hydrogen) atoms. The monoisotopic (exact) mass is 200 g/mol. The van der Waals surface area contributed by atoms with Gasteiger partial charge in [0.1, 0.15) is 0 Å². The summed E-state index contributed by atoms with van der Waals surface area (Å²) in [6.07, 6.45) is 0.982. The first-order valence-electron chi connectivity index (χ1n) is 5.09. The second-order valence-electron chi connectivity index (χ2n) is 4.73. The Morgan fingerprint density at radius 2 is 2.29 bits per heavy atom. The number of nitrogens with zero attached hydrogens (tertiary/aromatic N) is 1. The van der Waals surface area contributed by atoms with Crippen LogP contribution in [-0.2, 0) is 4.79 Å². The molecule has 1 unspecified atom stereocenters. The Balaban J connectivity index is 2.31. The lowest BCUT2D eigenvalue weighted by Crippen LogP contribution is -2.40. The Labute approximate surface area is 85.3 Å². The Morgan fingerprint density at radius 3 is 2.79 bits per heavy atom. The van der Waals surface area contributed by atoms with Crippen molar-refractivity contribution in [1.82, 2.24) is 10.2 Å². The van der Waals surface area contributed by atoms with Gasteiger partial charge in [-0.05, 0) is 20.3 Å². The molecule has 0 aromatic carbocycles. The molecule has 0 radical (unpaired) electrons. The van der Waals surface area contributed by atoms with E-state index in [1.54, 1.807) is 20.8 Å². The fraction of sp³-hybridized carbons (Fsp3) is 0.900. The molecule has 1 saturated heterocycles. The van der Waals surface area contributed by atoms with Crippen LogP contribution >= 0.6 is 0 Å². The number of hydrogen-bond acceptors (Lipinski definition) is 3. The van der Waals surface area contributed by atoms with Crippen molar-refractivity contribution >= 4 is 5.91 Å². The third kappa shape index (κ3) is 4.07. The first-order chi connectivity index (χ1) is 6.37. The maximum Gasteiger partial charge on any atom is 0.217 e. The molecule has 0 aromatic heterocycles. The molecule has 1 heterocycles. The molecule has 1 aliphatic rings. The van der Waals surface area contributed by atoms with Gasteiger partial charge in [-0.15, -0.1) is 0 Å². The molecular weight excluding hydrogens is 180 g/mol. The van der Waals surface area contributed by atoms with E-state index in [0.717, 1.165) is 19.5 Å². The summed E-state index contributed by atoms with van der Waals surface area (Å²) >= 11 is 0. The van der Waals surface area contributed by atoms with Crippen molar-refractivity contribution in [2.75, 3.05) is 19.6 Å². The van der Waals surface area contributed by atoms with E-state index in [1.807, 2.05) is 0 Å². The van der Waals surface area contributed by atoms with Crippen LogP contribution in [0.3, 0.4) is 0 Å². The fourth-order valence-corrected chi connectivity index (χ4v) is 1.93. The van der Waals surface area contributed by atoms with E-state index in [-0.39, 0.29) is 11.9 Å². The van der Waals surface area contributed by atoms with Gasteiger partial charge in [-0.25, -0.2) is 0 Å². The summed E-state index contributed by atoms with van der Waals surface area (Å²) in [7, 11) is 0. The molecule has 0 spiro atoms. The van der Waals surface area contributed by atoms with Crippen molar-refractivity contribution < 1.29 is 9.90 Å². The molecule has 1 amide bonds. The zero-order chi connectivity index (χ0) is 10.8. The van der Waals surface area contributed by atoms with Gasteiger partial charge in [0, 0.05) is 32.6 Å². The molecule has 82 valence electrons.